The lowest BCUT2D eigenvalue weighted by Gasteiger charge is -2.01. The van der Waals surface area contributed by atoms with Crippen molar-refractivity contribution >= 4 is 18.0 Å². The standard InChI is InChI=1S/C12H15N3O3/c1-3-18-12(16)9(7-13)8-15-11-6-10(17-2)4-5-14-11/h4-8H,3,13H2,1-2H3/b9-7+,15-8?. The lowest BCUT2D eigenvalue weighted by Crippen LogP contribution is -2.10. The third-order valence-electron chi connectivity index (χ3n) is 1.98. The van der Waals surface area contributed by atoms with E-state index in [9.17, 15) is 4.79 Å². The summed E-state index contributed by atoms with van der Waals surface area (Å²) >= 11 is 0. The number of aromatic nitrogens is 1. The van der Waals surface area contributed by atoms with Gasteiger partial charge in [-0.15, -0.1) is 0 Å². The Morgan fingerprint density at radius 3 is 3.00 bits per heavy atom. The maximum Gasteiger partial charge on any atom is 0.341 e. The van der Waals surface area contributed by atoms with Gasteiger partial charge >= 0.3 is 5.97 Å². The molecule has 0 spiro atoms. The Hall–Kier alpha value is -2.37. The number of hydrogen-bond donors (Lipinski definition) is 1. The van der Waals surface area contributed by atoms with Crippen LogP contribution in [-0.4, -0.2) is 30.9 Å². The van der Waals surface area contributed by atoms with Gasteiger partial charge in [-0.1, -0.05) is 0 Å². The number of nitrogens with two attached hydrogens (primary N) is 1. The molecule has 2 N–H and O–H groups in total. The zero-order valence-electron chi connectivity index (χ0n) is 10.3. The Kier molecular flexibility index (Phi) is 5.37. The monoisotopic (exact) mass is 249 g/mol. The van der Waals surface area contributed by atoms with Gasteiger partial charge in [-0.2, -0.15) is 0 Å². The molecule has 18 heavy (non-hydrogen) atoms. The van der Waals surface area contributed by atoms with E-state index in [1.165, 1.54) is 6.21 Å². The quantitative estimate of drug-likeness (QED) is 0.481. The van der Waals surface area contributed by atoms with E-state index >= 15 is 0 Å². The zero-order chi connectivity index (χ0) is 13.4. The van der Waals surface area contributed by atoms with Gasteiger partial charge in [-0.3, -0.25) is 0 Å². The Morgan fingerprint density at radius 2 is 2.39 bits per heavy atom. The maximum absolute atomic E-state index is 11.4. The van der Waals surface area contributed by atoms with E-state index in [1.54, 1.807) is 32.4 Å². The first-order chi connectivity index (χ1) is 8.71. The molecule has 0 atom stereocenters. The summed E-state index contributed by atoms with van der Waals surface area (Å²) < 4.78 is 9.83. The number of ether oxygens (including phenoxy) is 2. The van der Waals surface area contributed by atoms with E-state index in [-0.39, 0.29) is 12.2 Å². The average Bonchev–Trinajstić information content (AvgIpc) is 2.40. The second kappa shape index (κ2) is 7.05. The Bertz CT molecular complexity index is 469. The molecule has 96 valence electrons. The van der Waals surface area contributed by atoms with Crippen molar-refractivity contribution in [3.8, 4) is 5.75 Å². The zero-order valence-corrected chi connectivity index (χ0v) is 10.3. The normalized spacial score (nSPS) is 11.6. The van der Waals surface area contributed by atoms with E-state index in [1.807, 2.05) is 0 Å². The molecule has 0 aliphatic carbocycles. The van der Waals surface area contributed by atoms with Gasteiger partial charge in [0, 0.05) is 24.7 Å². The number of methoxy groups -OCH3 is 1. The van der Waals surface area contributed by atoms with Crippen LogP contribution in [0.4, 0.5) is 5.82 Å². The summed E-state index contributed by atoms with van der Waals surface area (Å²) in [5, 5.41) is 0. The van der Waals surface area contributed by atoms with Gasteiger partial charge < -0.3 is 15.2 Å². The number of nitrogens with zero attached hydrogens (tertiary/aromatic N) is 2. The molecule has 1 heterocycles. The molecular weight excluding hydrogens is 234 g/mol. The summed E-state index contributed by atoms with van der Waals surface area (Å²) in [4.78, 5) is 19.4. The fourth-order valence-electron chi connectivity index (χ4n) is 1.11. The molecule has 0 unspecified atom stereocenters. The molecule has 1 aromatic rings. The van der Waals surface area contributed by atoms with Gasteiger partial charge in [0.05, 0.1) is 19.3 Å². The predicted octanol–water partition coefficient (Wildman–Crippen LogP) is 1.20. The number of carbonyl (C=O) groups excluding carboxylic acids is 1. The van der Waals surface area contributed by atoms with Crippen LogP contribution in [0.3, 0.4) is 0 Å². The SMILES string of the molecule is CCOC(=O)/C(C=Nc1cc(OC)ccn1)=C/N. The van der Waals surface area contributed by atoms with Crippen molar-refractivity contribution in [3.05, 3.63) is 30.1 Å². The molecule has 0 amide bonds. The van der Waals surface area contributed by atoms with Crippen molar-refractivity contribution < 1.29 is 14.3 Å². The fourth-order valence-corrected chi connectivity index (χ4v) is 1.11. The van der Waals surface area contributed by atoms with E-state index in [4.69, 9.17) is 15.2 Å². The van der Waals surface area contributed by atoms with Crippen LogP contribution >= 0.6 is 0 Å². The molecule has 0 aliphatic heterocycles. The minimum Gasteiger partial charge on any atom is -0.497 e. The van der Waals surface area contributed by atoms with Crippen LogP contribution in [0, 0.1) is 0 Å². The summed E-state index contributed by atoms with van der Waals surface area (Å²) in [5.74, 6) is 0.524. The minimum atomic E-state index is -0.522. The van der Waals surface area contributed by atoms with Crippen LogP contribution in [0.15, 0.2) is 35.1 Å². The number of carbonyl (C=O) groups is 1. The summed E-state index contributed by atoms with van der Waals surface area (Å²) in [5.41, 5.74) is 5.49. The lowest BCUT2D eigenvalue weighted by molar-refractivity contribution is -0.137. The van der Waals surface area contributed by atoms with Gasteiger partial charge in [0.2, 0.25) is 0 Å². The maximum atomic E-state index is 11.4. The van der Waals surface area contributed by atoms with Crippen molar-refractivity contribution in [2.45, 2.75) is 6.92 Å². The number of pyridine rings is 1. The number of hydrogen-bond acceptors (Lipinski definition) is 6. The molecule has 0 aliphatic rings. The Labute approximate surface area is 105 Å². The van der Waals surface area contributed by atoms with Crippen LogP contribution in [0.25, 0.3) is 0 Å². The smallest absolute Gasteiger partial charge is 0.341 e. The average molecular weight is 249 g/mol. The van der Waals surface area contributed by atoms with E-state index in [2.05, 4.69) is 9.98 Å². The number of aliphatic imine (C=N–C) groups is 1. The first kappa shape index (κ1) is 13.7. The first-order valence-corrected chi connectivity index (χ1v) is 5.34. The summed E-state index contributed by atoms with van der Waals surface area (Å²) in [7, 11) is 1.55. The molecule has 0 saturated heterocycles. The molecule has 1 aromatic heterocycles. The molecule has 1 rings (SSSR count). The van der Waals surface area contributed by atoms with Crippen LogP contribution in [-0.2, 0) is 9.53 Å². The van der Waals surface area contributed by atoms with Gasteiger partial charge in [-0.05, 0) is 13.0 Å². The van der Waals surface area contributed by atoms with Crippen LogP contribution in [0.2, 0.25) is 0 Å². The molecule has 0 aromatic carbocycles. The molecule has 6 nitrogen and oxygen atoms in total. The number of rotatable bonds is 5. The predicted molar refractivity (Wildman–Crippen MR) is 67.8 cm³/mol. The van der Waals surface area contributed by atoms with Crippen molar-refractivity contribution in [1.29, 1.82) is 0 Å². The lowest BCUT2D eigenvalue weighted by atomic mass is 10.3. The van der Waals surface area contributed by atoms with Crippen molar-refractivity contribution in [1.82, 2.24) is 4.98 Å². The molecular formula is C12H15N3O3. The van der Waals surface area contributed by atoms with Gasteiger partial charge in [0.25, 0.3) is 0 Å². The third-order valence-corrected chi connectivity index (χ3v) is 1.98. The second-order valence-electron chi connectivity index (χ2n) is 3.15. The van der Waals surface area contributed by atoms with Gasteiger partial charge in [0.1, 0.15) is 5.75 Å². The molecule has 0 saturated carbocycles. The molecule has 0 radical (unpaired) electrons. The van der Waals surface area contributed by atoms with E-state index in [0.717, 1.165) is 6.20 Å². The van der Waals surface area contributed by atoms with Gasteiger partial charge in [0.15, 0.2) is 5.82 Å². The largest absolute Gasteiger partial charge is 0.497 e. The molecule has 0 bridgehead atoms. The van der Waals surface area contributed by atoms with Crippen molar-refractivity contribution in [3.63, 3.8) is 0 Å². The summed E-state index contributed by atoms with van der Waals surface area (Å²) in [6.07, 6.45) is 4.00. The fraction of sp³-hybridized carbons (Fsp3) is 0.250. The van der Waals surface area contributed by atoms with Crippen molar-refractivity contribution in [2.75, 3.05) is 13.7 Å². The van der Waals surface area contributed by atoms with Gasteiger partial charge in [-0.25, -0.2) is 14.8 Å². The van der Waals surface area contributed by atoms with Crippen LogP contribution < -0.4 is 10.5 Å². The first-order valence-electron chi connectivity index (χ1n) is 5.34. The minimum absolute atomic E-state index is 0.168. The van der Waals surface area contributed by atoms with Crippen molar-refractivity contribution in [2.24, 2.45) is 10.7 Å². The third kappa shape index (κ3) is 3.89. The van der Waals surface area contributed by atoms with E-state index < -0.39 is 5.97 Å². The Balaban J connectivity index is 2.81. The van der Waals surface area contributed by atoms with E-state index in [0.29, 0.717) is 11.6 Å². The highest BCUT2D eigenvalue weighted by Crippen LogP contribution is 2.16. The Morgan fingerprint density at radius 1 is 1.61 bits per heavy atom. The summed E-state index contributed by atoms with van der Waals surface area (Å²) in [6.45, 7) is 1.99. The van der Waals surface area contributed by atoms with Crippen LogP contribution in [0.1, 0.15) is 6.92 Å². The topological polar surface area (TPSA) is 86.8 Å². The molecule has 0 fully saturated rings. The van der Waals surface area contributed by atoms with Crippen LogP contribution in [0.5, 0.6) is 5.75 Å². The highest BCUT2D eigenvalue weighted by Gasteiger charge is 2.06. The molecule has 6 heteroatoms. The number of esters is 1. The second-order valence-corrected chi connectivity index (χ2v) is 3.15. The highest BCUT2D eigenvalue weighted by atomic mass is 16.5. The highest BCUT2D eigenvalue weighted by molar-refractivity contribution is 6.09. The summed E-state index contributed by atoms with van der Waals surface area (Å²) in [6, 6.07) is 3.33.